The van der Waals surface area contributed by atoms with Crippen molar-refractivity contribution in [3.8, 4) is 0 Å². The van der Waals surface area contributed by atoms with Crippen molar-refractivity contribution in [2.75, 3.05) is 0 Å². The van der Waals surface area contributed by atoms with Crippen molar-refractivity contribution < 1.29 is 4.39 Å². The fourth-order valence-corrected chi connectivity index (χ4v) is 1.73. The molecule has 1 aromatic heterocycles. The van der Waals surface area contributed by atoms with Crippen LogP contribution in [0, 0.1) is 5.82 Å². The van der Waals surface area contributed by atoms with Gasteiger partial charge >= 0.3 is 0 Å². The molecule has 2 aromatic rings. The molecule has 0 bridgehead atoms. The Bertz CT molecular complexity index is 626. The van der Waals surface area contributed by atoms with Gasteiger partial charge in [0.2, 0.25) is 0 Å². The minimum Gasteiger partial charge on any atom is -0.357 e. The van der Waals surface area contributed by atoms with Crippen molar-refractivity contribution >= 4 is 23.0 Å². The third kappa shape index (κ3) is 4.92. The Kier molecular flexibility index (Phi) is 5.34. The molecule has 4 nitrogen and oxygen atoms in total. The summed E-state index contributed by atoms with van der Waals surface area (Å²) in [6, 6.07) is 9.98. The van der Waals surface area contributed by atoms with Crippen LogP contribution in [0.25, 0.3) is 0 Å². The smallest absolute Gasteiger partial charge is 0.187 e. The molecule has 0 radical (unpaired) electrons. The van der Waals surface area contributed by atoms with Crippen molar-refractivity contribution in [3.63, 3.8) is 0 Å². The van der Waals surface area contributed by atoms with E-state index in [2.05, 4.69) is 20.8 Å². The number of nitrogens with zero attached hydrogens (tertiary/aromatic N) is 2. The lowest BCUT2D eigenvalue weighted by atomic mass is 10.2. The van der Waals surface area contributed by atoms with Gasteiger partial charge in [0, 0.05) is 24.5 Å². The van der Waals surface area contributed by atoms with Crippen molar-refractivity contribution in [2.24, 2.45) is 5.10 Å². The van der Waals surface area contributed by atoms with Gasteiger partial charge in [0.05, 0.1) is 5.71 Å². The highest BCUT2D eigenvalue weighted by molar-refractivity contribution is 7.80. The molecule has 0 spiro atoms. The predicted octanol–water partition coefficient (Wildman–Crippen LogP) is 2.61. The SMILES string of the molecule is C/C(=N/NC(=S)NCc1ccc(F)cc1)c1ccncc1. The topological polar surface area (TPSA) is 49.3 Å². The molecule has 1 aromatic carbocycles. The third-order valence-electron chi connectivity index (χ3n) is 2.79. The van der Waals surface area contributed by atoms with Crippen LogP contribution in [0.1, 0.15) is 18.1 Å². The van der Waals surface area contributed by atoms with E-state index in [9.17, 15) is 4.39 Å². The van der Waals surface area contributed by atoms with Crippen molar-refractivity contribution in [1.29, 1.82) is 0 Å². The van der Waals surface area contributed by atoms with Crippen LogP contribution in [0.4, 0.5) is 4.39 Å². The summed E-state index contributed by atoms with van der Waals surface area (Å²) in [6.45, 7) is 2.39. The molecule has 6 heteroatoms. The van der Waals surface area contributed by atoms with Gasteiger partial charge in [-0.15, -0.1) is 0 Å². The molecule has 21 heavy (non-hydrogen) atoms. The van der Waals surface area contributed by atoms with Gasteiger partial charge in [0.1, 0.15) is 5.82 Å². The van der Waals surface area contributed by atoms with E-state index in [1.807, 2.05) is 19.1 Å². The largest absolute Gasteiger partial charge is 0.357 e. The summed E-state index contributed by atoms with van der Waals surface area (Å²) < 4.78 is 12.8. The monoisotopic (exact) mass is 302 g/mol. The Balaban J connectivity index is 1.83. The van der Waals surface area contributed by atoms with Crippen LogP contribution < -0.4 is 10.7 Å². The Morgan fingerprint density at radius 3 is 2.52 bits per heavy atom. The molecular weight excluding hydrogens is 287 g/mol. The van der Waals surface area contributed by atoms with Crippen LogP contribution in [0.5, 0.6) is 0 Å². The van der Waals surface area contributed by atoms with E-state index in [1.54, 1.807) is 24.5 Å². The number of hydrogen-bond acceptors (Lipinski definition) is 3. The standard InChI is InChI=1S/C15H15FN4S/c1-11(13-6-8-17-9-7-13)19-20-15(21)18-10-12-2-4-14(16)5-3-12/h2-9H,10H2,1H3,(H2,18,20,21)/b19-11-. The summed E-state index contributed by atoms with van der Waals surface area (Å²) in [7, 11) is 0. The van der Waals surface area contributed by atoms with Crippen LogP contribution in [0.2, 0.25) is 0 Å². The molecule has 0 aliphatic heterocycles. The number of benzene rings is 1. The summed E-state index contributed by atoms with van der Waals surface area (Å²) in [5.74, 6) is -0.253. The second-order valence-corrected chi connectivity index (χ2v) is 4.76. The van der Waals surface area contributed by atoms with Gasteiger partial charge in [-0.2, -0.15) is 5.10 Å². The molecule has 108 valence electrons. The van der Waals surface area contributed by atoms with Crippen LogP contribution in [-0.2, 0) is 6.54 Å². The maximum Gasteiger partial charge on any atom is 0.187 e. The minimum absolute atomic E-state index is 0.253. The molecule has 0 atom stereocenters. The first kappa shape index (κ1) is 15.1. The zero-order valence-corrected chi connectivity index (χ0v) is 12.3. The van der Waals surface area contributed by atoms with Crippen molar-refractivity contribution in [3.05, 3.63) is 65.7 Å². The van der Waals surface area contributed by atoms with Crippen LogP contribution in [0.3, 0.4) is 0 Å². The second-order valence-electron chi connectivity index (χ2n) is 4.35. The van der Waals surface area contributed by atoms with Crippen LogP contribution in [0.15, 0.2) is 53.9 Å². The Hall–Kier alpha value is -2.34. The van der Waals surface area contributed by atoms with E-state index in [0.29, 0.717) is 11.7 Å². The van der Waals surface area contributed by atoms with E-state index in [4.69, 9.17) is 12.2 Å². The summed E-state index contributed by atoms with van der Waals surface area (Å²) in [6.07, 6.45) is 3.42. The lowest BCUT2D eigenvalue weighted by Crippen LogP contribution is -2.32. The molecule has 0 aliphatic rings. The zero-order chi connectivity index (χ0) is 15.1. The number of halogens is 1. The number of rotatable bonds is 4. The molecule has 0 aliphatic carbocycles. The van der Waals surface area contributed by atoms with Gasteiger partial charge in [-0.05, 0) is 49.0 Å². The Labute approximate surface area is 128 Å². The normalized spacial score (nSPS) is 11.0. The summed E-state index contributed by atoms with van der Waals surface area (Å²) >= 11 is 5.13. The van der Waals surface area contributed by atoms with Gasteiger partial charge in [0.15, 0.2) is 5.11 Å². The average Bonchev–Trinajstić information content (AvgIpc) is 2.53. The highest BCUT2D eigenvalue weighted by Gasteiger charge is 1.98. The summed E-state index contributed by atoms with van der Waals surface area (Å²) in [5, 5.41) is 7.61. The van der Waals surface area contributed by atoms with E-state index in [0.717, 1.165) is 16.8 Å². The van der Waals surface area contributed by atoms with E-state index in [1.165, 1.54) is 12.1 Å². The molecule has 2 N–H and O–H groups in total. The highest BCUT2D eigenvalue weighted by Crippen LogP contribution is 2.02. The molecule has 1 heterocycles. The van der Waals surface area contributed by atoms with E-state index in [-0.39, 0.29) is 5.82 Å². The molecule has 0 amide bonds. The fraction of sp³-hybridized carbons (Fsp3) is 0.133. The fourth-order valence-electron chi connectivity index (χ4n) is 1.62. The molecule has 0 unspecified atom stereocenters. The maximum atomic E-state index is 12.8. The lowest BCUT2D eigenvalue weighted by Gasteiger charge is -2.08. The highest BCUT2D eigenvalue weighted by atomic mass is 32.1. The molecule has 0 saturated heterocycles. The molecule has 2 rings (SSSR count). The number of aromatic nitrogens is 1. The van der Waals surface area contributed by atoms with Gasteiger partial charge in [-0.25, -0.2) is 4.39 Å². The predicted molar refractivity (Wildman–Crippen MR) is 85.4 cm³/mol. The number of thiocarbonyl (C=S) groups is 1. The quantitative estimate of drug-likeness (QED) is 0.518. The first-order valence-electron chi connectivity index (χ1n) is 6.38. The van der Waals surface area contributed by atoms with Gasteiger partial charge in [-0.1, -0.05) is 12.1 Å². The number of nitrogens with one attached hydrogen (secondary N) is 2. The zero-order valence-electron chi connectivity index (χ0n) is 11.5. The summed E-state index contributed by atoms with van der Waals surface area (Å²) in [4.78, 5) is 3.95. The van der Waals surface area contributed by atoms with Gasteiger partial charge < -0.3 is 5.32 Å². The Morgan fingerprint density at radius 1 is 1.19 bits per heavy atom. The van der Waals surface area contributed by atoms with Crippen molar-refractivity contribution in [1.82, 2.24) is 15.7 Å². The molecule has 0 fully saturated rings. The van der Waals surface area contributed by atoms with E-state index >= 15 is 0 Å². The first-order valence-corrected chi connectivity index (χ1v) is 6.79. The van der Waals surface area contributed by atoms with Gasteiger partial charge in [0.25, 0.3) is 0 Å². The average molecular weight is 302 g/mol. The van der Waals surface area contributed by atoms with E-state index < -0.39 is 0 Å². The third-order valence-corrected chi connectivity index (χ3v) is 3.03. The lowest BCUT2D eigenvalue weighted by molar-refractivity contribution is 0.626. The van der Waals surface area contributed by atoms with Crippen LogP contribution in [-0.4, -0.2) is 15.8 Å². The first-order chi connectivity index (χ1) is 10.1. The molecule has 0 saturated carbocycles. The van der Waals surface area contributed by atoms with Crippen molar-refractivity contribution in [2.45, 2.75) is 13.5 Å². The number of pyridine rings is 1. The minimum atomic E-state index is -0.253. The molecular formula is C15H15FN4S. The van der Waals surface area contributed by atoms with Crippen LogP contribution >= 0.6 is 12.2 Å². The number of hydrazone groups is 1. The maximum absolute atomic E-state index is 12.8. The van der Waals surface area contributed by atoms with Gasteiger partial charge in [-0.3, -0.25) is 10.4 Å². The number of hydrogen-bond donors (Lipinski definition) is 2. The Morgan fingerprint density at radius 2 is 1.86 bits per heavy atom. The second kappa shape index (κ2) is 7.44. The summed E-state index contributed by atoms with van der Waals surface area (Å²) in [5.41, 5.74) is 5.50.